The highest BCUT2D eigenvalue weighted by Crippen LogP contribution is 2.24. The van der Waals surface area contributed by atoms with Crippen molar-refractivity contribution in [2.45, 2.75) is 32.9 Å². The van der Waals surface area contributed by atoms with Crippen molar-refractivity contribution in [3.63, 3.8) is 0 Å². The van der Waals surface area contributed by atoms with E-state index in [0.717, 1.165) is 22.1 Å². The molecule has 1 atom stereocenters. The van der Waals surface area contributed by atoms with Crippen molar-refractivity contribution in [1.82, 2.24) is 14.5 Å². The van der Waals surface area contributed by atoms with E-state index in [1.807, 2.05) is 45.3 Å². The van der Waals surface area contributed by atoms with E-state index in [9.17, 15) is 4.79 Å². The number of carbonyl (C=O) groups is 1. The molecule has 0 N–H and O–H groups in total. The Kier molecular flexibility index (Phi) is 5.34. The molecule has 2 aromatic rings. The first kappa shape index (κ1) is 18.2. The summed E-state index contributed by atoms with van der Waals surface area (Å²) in [5.41, 5.74) is 1.52. The van der Waals surface area contributed by atoms with E-state index in [1.165, 1.54) is 0 Å². The molecule has 136 valence electrons. The molecule has 1 aromatic heterocycles. The van der Waals surface area contributed by atoms with Crippen LogP contribution in [0.2, 0.25) is 0 Å². The molecule has 1 amide bonds. The van der Waals surface area contributed by atoms with Gasteiger partial charge >= 0.3 is 6.09 Å². The molecule has 0 bridgehead atoms. The summed E-state index contributed by atoms with van der Waals surface area (Å²) in [7, 11) is 0. The fourth-order valence-corrected chi connectivity index (χ4v) is 3.57. The van der Waals surface area contributed by atoms with Gasteiger partial charge in [-0.05, 0) is 48.8 Å². The van der Waals surface area contributed by atoms with Gasteiger partial charge in [0.25, 0.3) is 0 Å². The Morgan fingerprint density at radius 2 is 2.24 bits per heavy atom. The van der Waals surface area contributed by atoms with E-state index < -0.39 is 5.60 Å². The Morgan fingerprint density at radius 3 is 3.00 bits per heavy atom. The molecule has 1 fully saturated rings. The van der Waals surface area contributed by atoms with Crippen LogP contribution in [-0.4, -0.2) is 52.4 Å². The summed E-state index contributed by atoms with van der Waals surface area (Å²) >= 11 is 3.60. The molecule has 2 heterocycles. The molecule has 1 saturated heterocycles. The van der Waals surface area contributed by atoms with E-state index >= 15 is 0 Å². The number of para-hydroxylation sites is 1. The third kappa shape index (κ3) is 4.52. The smallest absolute Gasteiger partial charge is 0.410 e. The minimum atomic E-state index is -0.495. The van der Waals surface area contributed by atoms with Crippen LogP contribution in [0, 0.1) is 5.92 Å². The molecular weight excluding hydrogens is 386 g/mol. The molecule has 1 unspecified atom stereocenters. The number of fused-ring (bicyclic) bond motifs is 1. The maximum atomic E-state index is 12.4. The Bertz CT molecular complexity index is 754. The van der Waals surface area contributed by atoms with Crippen LogP contribution in [0.3, 0.4) is 0 Å². The number of amides is 1. The van der Waals surface area contributed by atoms with Gasteiger partial charge in [-0.15, -0.1) is 0 Å². The Morgan fingerprint density at radius 1 is 1.44 bits per heavy atom. The first-order valence-electron chi connectivity index (χ1n) is 8.48. The van der Waals surface area contributed by atoms with Crippen LogP contribution >= 0.6 is 15.9 Å². The molecule has 25 heavy (non-hydrogen) atoms. The second-order valence-electron chi connectivity index (χ2n) is 7.37. The van der Waals surface area contributed by atoms with Crippen LogP contribution in [0.4, 0.5) is 4.79 Å². The number of halogens is 1. The summed E-state index contributed by atoms with van der Waals surface area (Å²) in [6, 6.07) is 5.98. The summed E-state index contributed by atoms with van der Waals surface area (Å²) in [4.78, 5) is 18.6. The number of imidazole rings is 1. The Labute approximate surface area is 156 Å². The predicted molar refractivity (Wildman–Crippen MR) is 99.5 cm³/mol. The molecule has 0 aliphatic carbocycles. The lowest BCUT2D eigenvalue weighted by atomic mass is 10.1. The summed E-state index contributed by atoms with van der Waals surface area (Å²) in [6.07, 6.45) is 1.57. The van der Waals surface area contributed by atoms with Crippen molar-refractivity contribution in [2.75, 3.05) is 26.3 Å². The molecule has 1 aliphatic rings. The van der Waals surface area contributed by atoms with Gasteiger partial charge in [0.1, 0.15) is 5.60 Å². The minimum absolute atomic E-state index is 0.180. The molecular formula is C18H24BrN3O3. The molecule has 1 aliphatic heterocycles. The van der Waals surface area contributed by atoms with Gasteiger partial charge in [-0.3, -0.25) is 0 Å². The molecule has 0 radical (unpaired) electrons. The number of hydrogen-bond donors (Lipinski definition) is 0. The molecule has 1 aromatic carbocycles. The van der Waals surface area contributed by atoms with E-state index in [-0.39, 0.29) is 12.0 Å². The first-order chi connectivity index (χ1) is 11.8. The third-order valence-electron chi connectivity index (χ3n) is 4.03. The van der Waals surface area contributed by atoms with Gasteiger partial charge in [-0.2, -0.15) is 0 Å². The molecule has 0 saturated carbocycles. The lowest BCUT2D eigenvalue weighted by molar-refractivity contribution is 0.0231. The SMILES string of the molecule is CC(C)(C)OC(=O)N1CCOCC(Cn2cnc3cccc(Br)c32)C1. The largest absolute Gasteiger partial charge is 0.444 e. The average Bonchev–Trinajstić information content (AvgIpc) is 2.77. The van der Waals surface area contributed by atoms with Crippen molar-refractivity contribution < 1.29 is 14.3 Å². The van der Waals surface area contributed by atoms with Crippen molar-refractivity contribution in [3.05, 3.63) is 29.0 Å². The van der Waals surface area contributed by atoms with E-state index in [4.69, 9.17) is 9.47 Å². The van der Waals surface area contributed by atoms with Gasteiger partial charge in [0.2, 0.25) is 0 Å². The predicted octanol–water partition coefficient (Wildman–Crippen LogP) is 3.68. The lowest BCUT2D eigenvalue weighted by Crippen LogP contribution is -2.40. The van der Waals surface area contributed by atoms with Crippen molar-refractivity contribution in [3.8, 4) is 0 Å². The molecule has 3 rings (SSSR count). The van der Waals surface area contributed by atoms with Gasteiger partial charge in [0.15, 0.2) is 0 Å². The maximum Gasteiger partial charge on any atom is 0.410 e. The number of ether oxygens (including phenoxy) is 2. The quantitative estimate of drug-likeness (QED) is 0.758. The van der Waals surface area contributed by atoms with E-state index in [1.54, 1.807) is 4.90 Å². The zero-order chi connectivity index (χ0) is 18.0. The van der Waals surface area contributed by atoms with Crippen LogP contribution in [0.25, 0.3) is 11.0 Å². The second kappa shape index (κ2) is 7.33. The summed E-state index contributed by atoms with van der Waals surface area (Å²) in [5, 5.41) is 0. The number of nitrogens with zero attached hydrogens (tertiary/aromatic N) is 3. The fourth-order valence-electron chi connectivity index (χ4n) is 2.98. The normalized spacial score (nSPS) is 19.0. The molecule has 6 nitrogen and oxygen atoms in total. The Balaban J connectivity index is 1.74. The highest BCUT2D eigenvalue weighted by molar-refractivity contribution is 9.10. The highest BCUT2D eigenvalue weighted by atomic mass is 79.9. The minimum Gasteiger partial charge on any atom is -0.444 e. The van der Waals surface area contributed by atoms with Crippen LogP contribution in [0.15, 0.2) is 29.0 Å². The van der Waals surface area contributed by atoms with Crippen LogP contribution in [0.5, 0.6) is 0 Å². The number of carbonyl (C=O) groups excluding carboxylic acids is 1. The van der Waals surface area contributed by atoms with Crippen LogP contribution in [-0.2, 0) is 16.0 Å². The zero-order valence-corrected chi connectivity index (χ0v) is 16.5. The van der Waals surface area contributed by atoms with Crippen molar-refractivity contribution >= 4 is 33.1 Å². The fraction of sp³-hybridized carbons (Fsp3) is 0.556. The standard InChI is InChI=1S/C18H24BrN3O3/c1-18(2,3)25-17(23)21-7-8-24-11-13(9-21)10-22-12-20-15-6-4-5-14(19)16(15)22/h4-6,12-13H,7-11H2,1-3H3. The monoisotopic (exact) mass is 409 g/mol. The summed E-state index contributed by atoms with van der Waals surface area (Å²) in [5.74, 6) is 0.180. The molecule has 0 spiro atoms. The van der Waals surface area contributed by atoms with Gasteiger partial charge in [0, 0.05) is 30.0 Å². The summed E-state index contributed by atoms with van der Waals surface area (Å²) < 4.78 is 14.4. The van der Waals surface area contributed by atoms with Crippen molar-refractivity contribution in [1.29, 1.82) is 0 Å². The topological polar surface area (TPSA) is 56.6 Å². The van der Waals surface area contributed by atoms with E-state index in [2.05, 4.69) is 25.5 Å². The summed E-state index contributed by atoms with van der Waals surface area (Å²) in [6.45, 7) is 8.69. The third-order valence-corrected chi connectivity index (χ3v) is 4.67. The van der Waals surface area contributed by atoms with Crippen LogP contribution < -0.4 is 0 Å². The van der Waals surface area contributed by atoms with Crippen LogP contribution in [0.1, 0.15) is 20.8 Å². The molecule has 7 heteroatoms. The highest BCUT2D eigenvalue weighted by Gasteiger charge is 2.27. The maximum absolute atomic E-state index is 12.4. The number of rotatable bonds is 2. The van der Waals surface area contributed by atoms with Gasteiger partial charge < -0.3 is 18.9 Å². The van der Waals surface area contributed by atoms with Gasteiger partial charge in [0.05, 0.1) is 30.6 Å². The lowest BCUT2D eigenvalue weighted by Gasteiger charge is -2.28. The number of hydrogen-bond acceptors (Lipinski definition) is 4. The zero-order valence-electron chi connectivity index (χ0n) is 14.9. The van der Waals surface area contributed by atoms with E-state index in [0.29, 0.717) is 26.3 Å². The second-order valence-corrected chi connectivity index (χ2v) is 8.23. The number of benzene rings is 1. The average molecular weight is 410 g/mol. The van der Waals surface area contributed by atoms with Gasteiger partial charge in [-0.25, -0.2) is 9.78 Å². The van der Waals surface area contributed by atoms with Crippen molar-refractivity contribution in [2.24, 2.45) is 5.92 Å². The number of aromatic nitrogens is 2. The van der Waals surface area contributed by atoms with Gasteiger partial charge in [-0.1, -0.05) is 6.07 Å². The Hall–Kier alpha value is -1.60. The first-order valence-corrected chi connectivity index (χ1v) is 9.28.